The van der Waals surface area contributed by atoms with Crippen LogP contribution in [0.2, 0.25) is 0 Å². The molecule has 1 aromatic rings. The van der Waals surface area contributed by atoms with Gasteiger partial charge in [0.2, 0.25) is 0 Å². The molecule has 0 saturated carbocycles. The zero-order chi connectivity index (χ0) is 13.8. The van der Waals surface area contributed by atoms with Crippen molar-refractivity contribution in [2.75, 3.05) is 6.54 Å². The van der Waals surface area contributed by atoms with Crippen LogP contribution in [0.1, 0.15) is 17.5 Å². The van der Waals surface area contributed by atoms with Crippen LogP contribution in [0.3, 0.4) is 0 Å². The summed E-state index contributed by atoms with van der Waals surface area (Å²) in [5.41, 5.74) is 6.65. The predicted octanol–water partition coefficient (Wildman–Crippen LogP) is 3.86. The molecule has 0 saturated heterocycles. The fraction of sp³-hybridized carbons (Fsp3) is 0.333. The average Bonchev–Trinajstić information content (AvgIpc) is 2.28. The minimum atomic E-state index is -4.55. The van der Waals surface area contributed by atoms with Crippen LogP contribution in [0.5, 0.6) is 0 Å². The molecule has 1 aromatic carbocycles. The molecule has 6 heteroatoms. The van der Waals surface area contributed by atoms with Gasteiger partial charge < -0.3 is 5.73 Å². The van der Waals surface area contributed by atoms with Gasteiger partial charge in [-0.1, -0.05) is 11.6 Å². The molecular weight excluding hydrogens is 270 g/mol. The summed E-state index contributed by atoms with van der Waals surface area (Å²) in [6.45, 7) is 0.227. The first-order chi connectivity index (χ1) is 8.36. The van der Waals surface area contributed by atoms with Gasteiger partial charge >= 0.3 is 6.18 Å². The smallest absolute Gasteiger partial charge is 0.327 e. The number of hydrogen-bond donors (Lipinski definition) is 1. The van der Waals surface area contributed by atoms with Gasteiger partial charge in [-0.2, -0.15) is 13.2 Å². The maximum Gasteiger partial charge on any atom is 0.416 e. The number of nitrogens with two attached hydrogens (primary N) is 1. The summed E-state index contributed by atoms with van der Waals surface area (Å²) in [7, 11) is 0. The van der Waals surface area contributed by atoms with Crippen molar-refractivity contribution < 1.29 is 17.6 Å². The quantitative estimate of drug-likeness (QED) is 0.833. The highest BCUT2D eigenvalue weighted by atomic mass is 35.5. The van der Waals surface area contributed by atoms with Crippen LogP contribution < -0.4 is 5.73 Å². The SMILES string of the molecule is NC/C(=C/Cl)CCc1cc(F)cc(C(F)(F)F)c1. The number of benzene rings is 1. The lowest BCUT2D eigenvalue weighted by molar-refractivity contribution is -0.137. The Morgan fingerprint density at radius 1 is 1.28 bits per heavy atom. The van der Waals surface area contributed by atoms with Gasteiger partial charge in [0.1, 0.15) is 5.82 Å². The molecule has 0 bridgehead atoms. The molecule has 0 fully saturated rings. The Balaban J connectivity index is 2.87. The zero-order valence-corrected chi connectivity index (χ0v) is 10.2. The molecule has 0 aliphatic rings. The minimum absolute atomic E-state index is 0.227. The fourth-order valence-corrected chi connectivity index (χ4v) is 1.66. The molecule has 100 valence electrons. The molecule has 0 aliphatic carbocycles. The van der Waals surface area contributed by atoms with Crippen LogP contribution in [-0.2, 0) is 12.6 Å². The summed E-state index contributed by atoms with van der Waals surface area (Å²) in [6.07, 6.45) is -3.88. The first-order valence-electron chi connectivity index (χ1n) is 5.21. The lowest BCUT2D eigenvalue weighted by atomic mass is 10.0. The molecule has 0 radical (unpaired) electrons. The van der Waals surface area contributed by atoms with Crippen LogP contribution in [0.15, 0.2) is 29.3 Å². The third-order valence-electron chi connectivity index (χ3n) is 2.44. The third kappa shape index (κ3) is 4.31. The normalized spacial score (nSPS) is 12.9. The van der Waals surface area contributed by atoms with Crippen molar-refractivity contribution in [3.8, 4) is 0 Å². The Labute approximate surface area is 107 Å². The van der Waals surface area contributed by atoms with E-state index in [1.807, 2.05) is 0 Å². The zero-order valence-electron chi connectivity index (χ0n) is 9.40. The van der Waals surface area contributed by atoms with E-state index in [9.17, 15) is 17.6 Å². The van der Waals surface area contributed by atoms with Gasteiger partial charge in [0, 0.05) is 12.1 Å². The van der Waals surface area contributed by atoms with Crippen molar-refractivity contribution in [1.29, 1.82) is 0 Å². The Bertz CT molecular complexity index is 440. The largest absolute Gasteiger partial charge is 0.416 e. The van der Waals surface area contributed by atoms with Crippen LogP contribution >= 0.6 is 11.6 Å². The maximum atomic E-state index is 13.1. The van der Waals surface area contributed by atoms with Gasteiger partial charge in [-0.3, -0.25) is 0 Å². The third-order valence-corrected chi connectivity index (χ3v) is 2.74. The lowest BCUT2D eigenvalue weighted by Gasteiger charge is -2.10. The van der Waals surface area contributed by atoms with E-state index in [0.29, 0.717) is 18.1 Å². The topological polar surface area (TPSA) is 26.0 Å². The maximum absolute atomic E-state index is 13.1. The van der Waals surface area contributed by atoms with Crippen molar-refractivity contribution in [3.05, 3.63) is 46.3 Å². The molecule has 2 N–H and O–H groups in total. The van der Waals surface area contributed by atoms with Gasteiger partial charge in [-0.05, 0) is 42.2 Å². The summed E-state index contributed by atoms with van der Waals surface area (Å²) in [4.78, 5) is 0. The summed E-state index contributed by atoms with van der Waals surface area (Å²) < 4.78 is 50.5. The van der Waals surface area contributed by atoms with E-state index in [1.165, 1.54) is 5.54 Å². The molecule has 0 atom stereocenters. The van der Waals surface area contributed by atoms with Crippen molar-refractivity contribution in [2.45, 2.75) is 19.0 Å². The van der Waals surface area contributed by atoms with E-state index in [0.717, 1.165) is 12.1 Å². The molecule has 0 aromatic heterocycles. The van der Waals surface area contributed by atoms with Gasteiger partial charge in [-0.25, -0.2) is 4.39 Å². The number of aryl methyl sites for hydroxylation is 1. The highest BCUT2D eigenvalue weighted by Gasteiger charge is 2.31. The van der Waals surface area contributed by atoms with Crippen molar-refractivity contribution in [3.63, 3.8) is 0 Å². The first kappa shape index (κ1) is 15.0. The number of alkyl halides is 3. The summed E-state index contributed by atoms with van der Waals surface area (Å²) in [5, 5.41) is 0. The van der Waals surface area contributed by atoms with Gasteiger partial charge in [0.25, 0.3) is 0 Å². The molecule has 0 amide bonds. The van der Waals surface area contributed by atoms with Crippen LogP contribution in [0, 0.1) is 5.82 Å². The predicted molar refractivity (Wildman–Crippen MR) is 62.7 cm³/mol. The second kappa shape index (κ2) is 6.20. The second-order valence-corrected chi connectivity index (χ2v) is 4.04. The molecule has 0 aliphatic heterocycles. The van der Waals surface area contributed by atoms with Gasteiger partial charge in [0.15, 0.2) is 0 Å². The first-order valence-corrected chi connectivity index (χ1v) is 5.65. The van der Waals surface area contributed by atoms with Crippen LogP contribution in [0.25, 0.3) is 0 Å². The summed E-state index contributed by atoms with van der Waals surface area (Å²) in [5.74, 6) is -0.899. The molecular formula is C12H12ClF4N. The van der Waals surface area contributed by atoms with Crippen molar-refractivity contribution >= 4 is 11.6 Å². The minimum Gasteiger partial charge on any atom is -0.327 e. The van der Waals surface area contributed by atoms with Gasteiger partial charge in [-0.15, -0.1) is 0 Å². The summed E-state index contributed by atoms with van der Waals surface area (Å²) in [6, 6.07) is 2.49. The van der Waals surface area contributed by atoms with Gasteiger partial charge in [0.05, 0.1) is 5.56 Å². The summed E-state index contributed by atoms with van der Waals surface area (Å²) >= 11 is 5.47. The van der Waals surface area contributed by atoms with E-state index in [4.69, 9.17) is 17.3 Å². The monoisotopic (exact) mass is 281 g/mol. The van der Waals surface area contributed by atoms with E-state index >= 15 is 0 Å². The highest BCUT2D eigenvalue weighted by molar-refractivity contribution is 6.25. The number of rotatable bonds is 4. The molecule has 1 nitrogen and oxygen atoms in total. The molecule has 18 heavy (non-hydrogen) atoms. The van der Waals surface area contributed by atoms with Crippen LogP contribution in [-0.4, -0.2) is 6.54 Å². The van der Waals surface area contributed by atoms with Crippen LogP contribution in [0.4, 0.5) is 17.6 Å². The molecule has 1 rings (SSSR count). The molecule has 0 unspecified atom stereocenters. The number of hydrogen-bond acceptors (Lipinski definition) is 1. The van der Waals surface area contributed by atoms with Crippen molar-refractivity contribution in [2.24, 2.45) is 5.73 Å². The van der Waals surface area contributed by atoms with E-state index in [1.54, 1.807) is 0 Å². The van der Waals surface area contributed by atoms with E-state index in [-0.39, 0.29) is 18.5 Å². The fourth-order valence-electron chi connectivity index (χ4n) is 1.46. The van der Waals surface area contributed by atoms with E-state index in [2.05, 4.69) is 0 Å². The lowest BCUT2D eigenvalue weighted by Crippen LogP contribution is -2.07. The van der Waals surface area contributed by atoms with E-state index < -0.39 is 17.6 Å². The Kier molecular flexibility index (Phi) is 5.16. The second-order valence-electron chi connectivity index (χ2n) is 3.82. The number of halogens is 5. The Morgan fingerprint density at radius 3 is 2.44 bits per heavy atom. The van der Waals surface area contributed by atoms with Crippen molar-refractivity contribution in [1.82, 2.24) is 0 Å². The Morgan fingerprint density at radius 2 is 1.94 bits per heavy atom. The molecule has 0 spiro atoms. The standard InChI is InChI=1S/C12H12ClF4N/c13-6-9(7-18)2-1-8-3-10(12(15,16)17)5-11(14)4-8/h3-6H,1-2,7,18H2/b9-6+. The Hall–Kier alpha value is -1.07. The molecule has 0 heterocycles. The average molecular weight is 282 g/mol. The highest BCUT2D eigenvalue weighted by Crippen LogP contribution is 2.30.